The maximum atomic E-state index is 6.34. The van der Waals surface area contributed by atoms with E-state index in [1.54, 1.807) is 0 Å². The Morgan fingerprint density at radius 1 is 1.22 bits per heavy atom. The zero-order valence-corrected chi connectivity index (χ0v) is 14.9. The summed E-state index contributed by atoms with van der Waals surface area (Å²) in [7, 11) is 0. The molecule has 1 aliphatic rings. The molecule has 1 N–H and O–H groups in total. The number of hydrogen-bond donors (Lipinski definition) is 1. The van der Waals surface area contributed by atoms with Crippen LogP contribution < -0.4 is 5.43 Å². The predicted octanol–water partition coefficient (Wildman–Crippen LogP) is 4.11. The second kappa shape index (κ2) is 7.05. The molecular weight excluding hydrogens is 312 g/mol. The highest BCUT2D eigenvalue weighted by Gasteiger charge is 2.21. The minimum absolute atomic E-state index is 0.463. The largest absolute Gasteiger partial charge is 0.374 e. The molecule has 5 nitrogen and oxygen atoms in total. The van der Waals surface area contributed by atoms with E-state index in [0.717, 1.165) is 28.1 Å². The highest BCUT2D eigenvalue weighted by atomic mass is 35.5. The van der Waals surface area contributed by atoms with Gasteiger partial charge in [-0.2, -0.15) is 0 Å². The molecule has 0 radical (unpaired) electrons. The molecule has 0 saturated heterocycles. The fourth-order valence-corrected chi connectivity index (χ4v) is 3.51. The number of aryl methyl sites for hydroxylation is 2. The lowest BCUT2D eigenvalue weighted by Crippen LogP contribution is -2.31. The van der Waals surface area contributed by atoms with Gasteiger partial charge >= 0.3 is 0 Å². The first-order valence-corrected chi connectivity index (χ1v) is 8.88. The van der Waals surface area contributed by atoms with Gasteiger partial charge in [0.1, 0.15) is 12.1 Å². The lowest BCUT2D eigenvalue weighted by Gasteiger charge is -2.26. The lowest BCUT2D eigenvalue weighted by molar-refractivity contribution is 0.126. The van der Waals surface area contributed by atoms with E-state index in [1.807, 2.05) is 13.8 Å². The number of fused-ring (bicyclic) bond motifs is 1. The van der Waals surface area contributed by atoms with Crippen molar-refractivity contribution in [2.45, 2.75) is 65.5 Å². The van der Waals surface area contributed by atoms with Crippen LogP contribution >= 0.6 is 11.6 Å². The van der Waals surface area contributed by atoms with Gasteiger partial charge in [-0.05, 0) is 39.2 Å². The van der Waals surface area contributed by atoms with Gasteiger partial charge in [0.05, 0.1) is 5.52 Å². The first-order chi connectivity index (χ1) is 11.1. The van der Waals surface area contributed by atoms with Crippen molar-refractivity contribution in [3.8, 4) is 0 Å². The van der Waals surface area contributed by atoms with Gasteiger partial charge in [-0.3, -0.25) is 0 Å². The topological polar surface area (TPSA) is 52.0 Å². The average molecular weight is 337 g/mol. The minimum Gasteiger partial charge on any atom is -0.374 e. The van der Waals surface area contributed by atoms with Gasteiger partial charge in [0.15, 0.2) is 11.0 Å². The number of ether oxygens (including phenoxy) is 1. The molecule has 23 heavy (non-hydrogen) atoms. The number of halogens is 1. The van der Waals surface area contributed by atoms with E-state index in [9.17, 15) is 0 Å². The van der Waals surface area contributed by atoms with E-state index in [-0.39, 0.29) is 0 Å². The van der Waals surface area contributed by atoms with E-state index in [2.05, 4.69) is 22.0 Å². The molecule has 0 spiro atoms. The van der Waals surface area contributed by atoms with Crippen LogP contribution in [0.5, 0.6) is 0 Å². The predicted molar refractivity (Wildman–Crippen MR) is 93.6 cm³/mol. The van der Waals surface area contributed by atoms with Crippen molar-refractivity contribution >= 4 is 22.6 Å². The molecule has 2 aromatic rings. The Labute approximate surface area is 142 Å². The minimum atomic E-state index is 0.463. The standard InChI is InChI=1S/C17H25ClN4O/c1-4-23-10-14-20-15-16(11(2)12(3)19-17(15)18)22(14)21-13-8-6-5-7-9-13/h13,21H,4-10H2,1-3H3. The summed E-state index contributed by atoms with van der Waals surface area (Å²) in [5, 5.41) is 0.463. The van der Waals surface area contributed by atoms with E-state index >= 15 is 0 Å². The van der Waals surface area contributed by atoms with E-state index < -0.39 is 0 Å². The first-order valence-electron chi connectivity index (χ1n) is 8.50. The summed E-state index contributed by atoms with van der Waals surface area (Å²) in [6, 6.07) is 0.480. The summed E-state index contributed by atoms with van der Waals surface area (Å²) in [5.41, 5.74) is 7.51. The Morgan fingerprint density at radius 2 is 1.96 bits per heavy atom. The SMILES string of the molecule is CCOCc1nc2c(Cl)nc(C)c(C)c2n1NC1CCCCC1. The van der Waals surface area contributed by atoms with Crippen LogP contribution in [0.4, 0.5) is 0 Å². The summed E-state index contributed by atoms with van der Waals surface area (Å²) in [6.45, 7) is 7.19. The molecule has 1 saturated carbocycles. The van der Waals surface area contributed by atoms with Crippen LogP contribution in [0.25, 0.3) is 11.0 Å². The van der Waals surface area contributed by atoms with Gasteiger partial charge in [0.25, 0.3) is 0 Å². The van der Waals surface area contributed by atoms with E-state index in [4.69, 9.17) is 21.3 Å². The van der Waals surface area contributed by atoms with Gasteiger partial charge in [0, 0.05) is 18.3 Å². The van der Waals surface area contributed by atoms with Gasteiger partial charge in [-0.1, -0.05) is 30.9 Å². The Balaban J connectivity index is 2.06. The van der Waals surface area contributed by atoms with Crippen LogP contribution in [-0.4, -0.2) is 27.3 Å². The molecule has 0 bridgehead atoms. The van der Waals surface area contributed by atoms with Crippen LogP contribution in [-0.2, 0) is 11.3 Å². The third-order valence-electron chi connectivity index (χ3n) is 4.66. The zero-order valence-electron chi connectivity index (χ0n) is 14.2. The summed E-state index contributed by atoms with van der Waals surface area (Å²) in [5.74, 6) is 0.866. The second-order valence-electron chi connectivity index (χ2n) is 6.27. The maximum Gasteiger partial charge on any atom is 0.157 e. The third-order valence-corrected chi connectivity index (χ3v) is 4.92. The van der Waals surface area contributed by atoms with Crippen LogP contribution in [0, 0.1) is 13.8 Å². The third kappa shape index (κ3) is 3.31. The molecule has 0 amide bonds. The molecule has 0 unspecified atom stereocenters. The molecule has 126 valence electrons. The number of pyridine rings is 1. The number of hydrogen-bond acceptors (Lipinski definition) is 4. The molecule has 0 atom stereocenters. The molecule has 6 heteroatoms. The number of nitrogens with one attached hydrogen (secondary N) is 1. The average Bonchev–Trinajstić information content (AvgIpc) is 2.91. The molecule has 1 fully saturated rings. The van der Waals surface area contributed by atoms with Crippen molar-refractivity contribution in [2.75, 3.05) is 12.0 Å². The molecule has 3 rings (SSSR count). The number of aromatic nitrogens is 3. The van der Waals surface area contributed by atoms with Crippen LogP contribution in [0.2, 0.25) is 5.15 Å². The highest BCUT2D eigenvalue weighted by Crippen LogP contribution is 2.28. The van der Waals surface area contributed by atoms with E-state index in [1.165, 1.54) is 32.1 Å². The Hall–Kier alpha value is -1.33. The molecule has 2 aromatic heterocycles. The highest BCUT2D eigenvalue weighted by molar-refractivity contribution is 6.33. The number of imidazole rings is 1. The van der Waals surface area contributed by atoms with Crippen LogP contribution in [0.15, 0.2) is 0 Å². The summed E-state index contributed by atoms with van der Waals surface area (Å²) in [4.78, 5) is 9.10. The summed E-state index contributed by atoms with van der Waals surface area (Å²) in [6.07, 6.45) is 6.30. The molecule has 2 heterocycles. The number of nitrogens with zero attached hydrogens (tertiary/aromatic N) is 3. The van der Waals surface area contributed by atoms with Crippen LogP contribution in [0.1, 0.15) is 56.1 Å². The Bertz CT molecular complexity index is 692. The fraction of sp³-hybridized carbons (Fsp3) is 0.647. The second-order valence-corrected chi connectivity index (χ2v) is 6.63. The molecule has 0 aliphatic heterocycles. The van der Waals surface area contributed by atoms with Crippen molar-refractivity contribution in [1.29, 1.82) is 0 Å². The van der Waals surface area contributed by atoms with Gasteiger partial charge in [0.2, 0.25) is 0 Å². The normalized spacial score (nSPS) is 16.2. The van der Waals surface area contributed by atoms with Crippen molar-refractivity contribution < 1.29 is 4.74 Å². The van der Waals surface area contributed by atoms with Crippen molar-refractivity contribution in [3.05, 3.63) is 22.2 Å². The molecule has 1 aliphatic carbocycles. The maximum absolute atomic E-state index is 6.34. The van der Waals surface area contributed by atoms with E-state index in [0.29, 0.717) is 24.4 Å². The first kappa shape index (κ1) is 16.5. The quantitative estimate of drug-likeness (QED) is 0.835. The Morgan fingerprint density at radius 3 is 2.65 bits per heavy atom. The van der Waals surface area contributed by atoms with Gasteiger partial charge < -0.3 is 10.2 Å². The smallest absolute Gasteiger partial charge is 0.157 e. The summed E-state index contributed by atoms with van der Waals surface area (Å²) >= 11 is 6.34. The van der Waals surface area contributed by atoms with Crippen molar-refractivity contribution in [1.82, 2.24) is 14.6 Å². The molecule has 0 aromatic carbocycles. The zero-order chi connectivity index (χ0) is 16.4. The van der Waals surface area contributed by atoms with Gasteiger partial charge in [-0.15, -0.1) is 0 Å². The molecular formula is C17H25ClN4O. The number of rotatable bonds is 5. The van der Waals surface area contributed by atoms with Crippen LogP contribution in [0.3, 0.4) is 0 Å². The van der Waals surface area contributed by atoms with Crippen molar-refractivity contribution in [2.24, 2.45) is 0 Å². The van der Waals surface area contributed by atoms with Crippen molar-refractivity contribution in [3.63, 3.8) is 0 Å². The fourth-order valence-electron chi connectivity index (χ4n) is 3.25. The monoisotopic (exact) mass is 336 g/mol. The summed E-state index contributed by atoms with van der Waals surface area (Å²) < 4.78 is 7.70. The Kier molecular flexibility index (Phi) is 5.07. The van der Waals surface area contributed by atoms with Gasteiger partial charge in [-0.25, -0.2) is 14.6 Å². The lowest BCUT2D eigenvalue weighted by atomic mass is 9.96.